The molecule has 0 saturated heterocycles. The van der Waals surface area contributed by atoms with E-state index in [0.717, 1.165) is 0 Å². The highest BCUT2D eigenvalue weighted by Crippen LogP contribution is 2.34. The Balaban J connectivity index is 4.12. The summed E-state index contributed by atoms with van der Waals surface area (Å²) >= 11 is 6.57. The van der Waals surface area contributed by atoms with Gasteiger partial charge in [0.2, 0.25) is 0 Å². The Morgan fingerprint density at radius 1 is 1.50 bits per heavy atom. The fourth-order valence-corrected chi connectivity index (χ4v) is 4.87. The number of hydrogen-bond acceptors (Lipinski definition) is 0. The monoisotopic (exact) mass is 204 g/mol. The average molecular weight is 205 g/mol. The lowest BCUT2D eigenvalue weighted by molar-refractivity contribution is 0.815. The maximum absolute atomic E-state index is 6.57. The average Bonchev–Trinajstić information content (AvgIpc) is 2.12. The van der Waals surface area contributed by atoms with Crippen LogP contribution >= 0.6 is 11.1 Å². The van der Waals surface area contributed by atoms with Crippen LogP contribution in [0.15, 0.2) is 12.3 Å². The van der Waals surface area contributed by atoms with Gasteiger partial charge in [-0.1, -0.05) is 45.7 Å². The van der Waals surface area contributed by atoms with E-state index in [1.807, 2.05) is 0 Å². The standard InChI is InChI=1S/C10H21ClSi/c1-5-8-9-12(11,7-3)10(4)6-2/h7,10H,3,5-6,8-9H2,1-2,4H3. The van der Waals surface area contributed by atoms with Crippen molar-refractivity contribution in [3.8, 4) is 0 Å². The van der Waals surface area contributed by atoms with Crippen molar-refractivity contribution in [2.45, 2.75) is 51.6 Å². The Kier molecular flexibility index (Phi) is 5.94. The Bertz CT molecular complexity index is 136. The Labute approximate surface area is 82.7 Å². The van der Waals surface area contributed by atoms with E-state index in [2.05, 4.69) is 33.0 Å². The third kappa shape index (κ3) is 3.32. The fourth-order valence-electron chi connectivity index (χ4n) is 1.34. The van der Waals surface area contributed by atoms with Crippen LogP contribution in [0.25, 0.3) is 0 Å². The molecule has 72 valence electrons. The molecule has 0 aromatic heterocycles. The second kappa shape index (κ2) is 5.82. The van der Waals surface area contributed by atoms with E-state index in [-0.39, 0.29) is 0 Å². The van der Waals surface area contributed by atoms with Crippen LogP contribution in [0.5, 0.6) is 0 Å². The van der Waals surface area contributed by atoms with Crippen LogP contribution < -0.4 is 0 Å². The van der Waals surface area contributed by atoms with E-state index in [4.69, 9.17) is 11.1 Å². The second-order valence-corrected chi connectivity index (χ2v) is 9.40. The molecule has 0 aliphatic rings. The molecule has 0 aliphatic heterocycles. The molecule has 0 rings (SSSR count). The molecule has 0 aliphatic carbocycles. The molecular formula is C10H21ClSi. The third-order valence-corrected chi connectivity index (χ3v) is 8.68. The molecule has 0 aromatic rings. The van der Waals surface area contributed by atoms with Gasteiger partial charge in [-0.05, 0) is 11.6 Å². The summed E-state index contributed by atoms with van der Waals surface area (Å²) in [5.41, 5.74) is 2.72. The van der Waals surface area contributed by atoms with Gasteiger partial charge in [0.25, 0.3) is 0 Å². The predicted molar refractivity (Wildman–Crippen MR) is 61.2 cm³/mol. The predicted octanol–water partition coefficient (Wildman–Crippen LogP) is 4.50. The summed E-state index contributed by atoms with van der Waals surface area (Å²) in [7, 11) is -1.61. The smallest absolute Gasteiger partial charge is 0.161 e. The van der Waals surface area contributed by atoms with Crippen molar-refractivity contribution < 1.29 is 0 Å². The van der Waals surface area contributed by atoms with Crippen LogP contribution in [0.4, 0.5) is 0 Å². The minimum Gasteiger partial charge on any atom is -0.161 e. The number of rotatable bonds is 6. The van der Waals surface area contributed by atoms with Gasteiger partial charge in [0, 0.05) is 0 Å². The van der Waals surface area contributed by atoms with Crippen molar-refractivity contribution >= 4 is 18.5 Å². The van der Waals surface area contributed by atoms with Crippen molar-refractivity contribution in [3.05, 3.63) is 12.3 Å². The highest BCUT2D eigenvalue weighted by molar-refractivity contribution is 7.23. The first-order valence-corrected chi connectivity index (χ1v) is 8.30. The lowest BCUT2D eigenvalue weighted by Crippen LogP contribution is -2.29. The first-order chi connectivity index (χ1) is 5.60. The minimum absolute atomic E-state index is 0.670. The van der Waals surface area contributed by atoms with Crippen molar-refractivity contribution in [1.29, 1.82) is 0 Å². The van der Waals surface area contributed by atoms with Crippen molar-refractivity contribution in [1.82, 2.24) is 0 Å². The molecule has 0 spiro atoms. The molecule has 0 radical (unpaired) electrons. The Morgan fingerprint density at radius 3 is 2.42 bits per heavy atom. The van der Waals surface area contributed by atoms with E-state index in [1.54, 1.807) is 0 Å². The van der Waals surface area contributed by atoms with Gasteiger partial charge in [-0.3, -0.25) is 0 Å². The first kappa shape index (κ1) is 12.2. The zero-order valence-electron chi connectivity index (χ0n) is 8.57. The summed E-state index contributed by atoms with van der Waals surface area (Å²) in [5.74, 6) is 0. The molecule has 0 saturated carbocycles. The molecule has 0 amide bonds. The summed E-state index contributed by atoms with van der Waals surface area (Å²) in [4.78, 5) is 0. The van der Waals surface area contributed by atoms with Gasteiger partial charge in [-0.25, -0.2) is 0 Å². The molecule has 0 heterocycles. The summed E-state index contributed by atoms with van der Waals surface area (Å²) < 4.78 is 0. The highest BCUT2D eigenvalue weighted by Gasteiger charge is 2.31. The normalized spacial score (nSPS) is 18.3. The zero-order valence-corrected chi connectivity index (χ0v) is 10.3. The van der Waals surface area contributed by atoms with Gasteiger partial charge in [-0.2, -0.15) is 11.1 Å². The van der Waals surface area contributed by atoms with Gasteiger partial charge in [0.1, 0.15) is 0 Å². The van der Waals surface area contributed by atoms with E-state index in [9.17, 15) is 0 Å². The lowest BCUT2D eigenvalue weighted by atomic mass is 10.4. The van der Waals surface area contributed by atoms with Gasteiger partial charge in [0.05, 0.1) is 0 Å². The topological polar surface area (TPSA) is 0 Å². The Morgan fingerprint density at radius 2 is 2.08 bits per heavy atom. The van der Waals surface area contributed by atoms with E-state index in [1.165, 1.54) is 25.3 Å². The highest BCUT2D eigenvalue weighted by atomic mass is 35.6. The molecule has 0 bridgehead atoms. The molecular weight excluding hydrogens is 184 g/mol. The van der Waals surface area contributed by atoms with E-state index < -0.39 is 7.38 Å². The molecule has 12 heavy (non-hydrogen) atoms. The lowest BCUT2D eigenvalue weighted by Gasteiger charge is -2.26. The van der Waals surface area contributed by atoms with Crippen molar-refractivity contribution in [2.75, 3.05) is 0 Å². The third-order valence-electron chi connectivity index (χ3n) is 2.68. The van der Waals surface area contributed by atoms with E-state index >= 15 is 0 Å². The number of halogens is 1. The summed E-state index contributed by atoms with van der Waals surface area (Å²) in [5, 5.41) is 0. The molecule has 0 nitrogen and oxygen atoms in total. The summed E-state index contributed by atoms with van der Waals surface area (Å²) in [6.07, 6.45) is 3.68. The molecule has 2 unspecified atom stereocenters. The first-order valence-electron chi connectivity index (χ1n) is 4.93. The SMILES string of the molecule is C=C[Si](Cl)(CCCC)C(C)CC. The second-order valence-electron chi connectivity index (χ2n) is 3.54. The van der Waals surface area contributed by atoms with E-state index in [0.29, 0.717) is 5.54 Å². The summed E-state index contributed by atoms with van der Waals surface area (Å²) in [6.45, 7) is 10.6. The van der Waals surface area contributed by atoms with Crippen LogP contribution in [0.1, 0.15) is 40.0 Å². The van der Waals surface area contributed by atoms with Crippen LogP contribution in [0, 0.1) is 0 Å². The molecule has 0 aromatic carbocycles. The number of unbranched alkanes of at least 4 members (excludes halogenated alkanes) is 1. The number of hydrogen-bond donors (Lipinski definition) is 0. The van der Waals surface area contributed by atoms with Gasteiger partial charge >= 0.3 is 0 Å². The largest absolute Gasteiger partial charge is 0.181 e. The van der Waals surface area contributed by atoms with Crippen LogP contribution in [-0.4, -0.2) is 7.38 Å². The Hall–Kier alpha value is 0.247. The fraction of sp³-hybridized carbons (Fsp3) is 0.800. The minimum atomic E-state index is -1.61. The van der Waals surface area contributed by atoms with Gasteiger partial charge in [0.15, 0.2) is 7.38 Å². The molecule has 0 N–H and O–H groups in total. The van der Waals surface area contributed by atoms with Crippen molar-refractivity contribution in [2.24, 2.45) is 0 Å². The maximum atomic E-state index is 6.57. The summed E-state index contributed by atoms with van der Waals surface area (Å²) in [6, 6.07) is 1.20. The van der Waals surface area contributed by atoms with Gasteiger partial charge in [-0.15, -0.1) is 6.58 Å². The maximum Gasteiger partial charge on any atom is 0.181 e. The molecule has 2 heteroatoms. The van der Waals surface area contributed by atoms with Crippen molar-refractivity contribution in [3.63, 3.8) is 0 Å². The van der Waals surface area contributed by atoms with Gasteiger partial charge < -0.3 is 0 Å². The zero-order chi connectivity index (χ0) is 9.61. The quantitative estimate of drug-likeness (QED) is 0.442. The van der Waals surface area contributed by atoms with Crippen LogP contribution in [0.2, 0.25) is 11.6 Å². The molecule has 0 fully saturated rings. The molecule has 2 atom stereocenters. The van der Waals surface area contributed by atoms with Crippen LogP contribution in [-0.2, 0) is 0 Å². The van der Waals surface area contributed by atoms with Crippen LogP contribution in [0.3, 0.4) is 0 Å².